The first-order chi connectivity index (χ1) is 19.7. The molecule has 8 nitrogen and oxygen atoms in total. The van der Waals surface area contributed by atoms with E-state index in [1.165, 1.54) is 17.8 Å². The largest absolute Gasteiger partial charge is 0.478 e. The maximum atomic E-state index is 14.2. The minimum absolute atomic E-state index is 0.0125. The molecule has 42 heavy (non-hydrogen) atoms. The normalized spacial score (nSPS) is 16.1. The van der Waals surface area contributed by atoms with Gasteiger partial charge in [-0.2, -0.15) is 0 Å². The molecule has 0 aliphatic carbocycles. The number of anilines is 2. The minimum Gasteiger partial charge on any atom is -0.478 e. The van der Waals surface area contributed by atoms with Crippen LogP contribution in [0, 0.1) is 5.41 Å². The van der Waals surface area contributed by atoms with Gasteiger partial charge in [0.25, 0.3) is 5.91 Å². The number of sulfone groups is 1. The molecule has 1 heterocycles. The third kappa shape index (κ3) is 8.53. The van der Waals surface area contributed by atoms with E-state index in [0.717, 1.165) is 56.6 Å². The quantitative estimate of drug-likeness (QED) is 0.146. The van der Waals surface area contributed by atoms with Crippen LogP contribution in [0.5, 0.6) is 5.75 Å². The first-order valence-electron chi connectivity index (χ1n) is 14.5. The fourth-order valence-corrected chi connectivity index (χ4v) is 7.98. The van der Waals surface area contributed by atoms with Gasteiger partial charge in [-0.1, -0.05) is 39.5 Å². The molecule has 0 unspecified atom stereocenters. The first kappa shape index (κ1) is 33.5. The molecule has 2 aromatic carbocycles. The lowest BCUT2D eigenvalue weighted by Gasteiger charge is -2.37. The molecular formula is C32H44N2O6S2. The highest BCUT2D eigenvalue weighted by atomic mass is 32.2. The Morgan fingerprint density at radius 1 is 1.10 bits per heavy atom. The lowest BCUT2D eigenvalue weighted by molar-refractivity contribution is -0.131. The van der Waals surface area contributed by atoms with Gasteiger partial charge in [-0.25, -0.2) is 13.2 Å². The van der Waals surface area contributed by atoms with Gasteiger partial charge in [-0.05, 0) is 70.2 Å². The average molecular weight is 617 g/mol. The third-order valence-corrected chi connectivity index (χ3v) is 10.1. The van der Waals surface area contributed by atoms with Crippen LogP contribution in [0.15, 0.2) is 58.5 Å². The van der Waals surface area contributed by atoms with Gasteiger partial charge in [-0.3, -0.25) is 4.79 Å². The number of fused-ring (bicyclic) bond motifs is 1. The Labute approximate surface area is 254 Å². The van der Waals surface area contributed by atoms with Crippen molar-refractivity contribution in [3.63, 3.8) is 0 Å². The fraction of sp³-hybridized carbons (Fsp3) is 0.500. The first-order valence-corrected chi connectivity index (χ1v) is 17.3. The summed E-state index contributed by atoms with van der Waals surface area (Å²) in [4.78, 5) is 26.7. The van der Waals surface area contributed by atoms with E-state index >= 15 is 0 Å². The van der Waals surface area contributed by atoms with Crippen molar-refractivity contribution in [2.24, 2.45) is 5.41 Å². The van der Waals surface area contributed by atoms with Gasteiger partial charge in [0.15, 0.2) is 9.84 Å². The molecule has 0 radical (unpaired) electrons. The second-order valence-corrected chi connectivity index (χ2v) is 14.8. The molecule has 0 atom stereocenters. The standard InChI is InChI=1S/C32H44N2O6S2/c1-7-9-16-32(17-10-8-2)21-34(24-13-11-23(12-14-24)30(37)33-31(3,4)5)25-19-27(41-6)26(40-18-15-29(35)36)20-28(25)42(38,39)22-32/h11-15,18-20H,7-10,16-17,21-22H2,1-6H3,(H,33,37)(H,35,36). The fourth-order valence-electron chi connectivity index (χ4n) is 5.32. The molecule has 0 saturated heterocycles. The van der Waals surface area contributed by atoms with Crippen LogP contribution < -0.4 is 15.0 Å². The number of aliphatic carboxylic acids is 1. The van der Waals surface area contributed by atoms with Crippen molar-refractivity contribution in [2.75, 3.05) is 23.5 Å². The number of carbonyl (C=O) groups excluding carboxylic acids is 1. The minimum atomic E-state index is -3.75. The lowest BCUT2D eigenvalue weighted by atomic mass is 9.79. The van der Waals surface area contributed by atoms with Crippen LogP contribution in [0.1, 0.15) is 83.5 Å². The molecule has 1 amide bonds. The van der Waals surface area contributed by atoms with E-state index < -0.39 is 21.2 Å². The monoisotopic (exact) mass is 616 g/mol. The predicted molar refractivity (Wildman–Crippen MR) is 170 cm³/mol. The number of benzene rings is 2. The van der Waals surface area contributed by atoms with Crippen molar-refractivity contribution in [1.82, 2.24) is 5.32 Å². The Morgan fingerprint density at radius 3 is 2.24 bits per heavy atom. The molecule has 0 fully saturated rings. The van der Waals surface area contributed by atoms with Crippen molar-refractivity contribution < 1.29 is 27.9 Å². The zero-order valence-electron chi connectivity index (χ0n) is 25.5. The Bertz CT molecular complexity index is 1390. The van der Waals surface area contributed by atoms with E-state index in [-0.39, 0.29) is 27.8 Å². The number of nitrogens with zero attached hydrogens (tertiary/aromatic N) is 1. The summed E-state index contributed by atoms with van der Waals surface area (Å²) < 4.78 is 34.0. The summed E-state index contributed by atoms with van der Waals surface area (Å²) in [7, 11) is -3.75. The third-order valence-electron chi connectivity index (χ3n) is 7.32. The molecule has 1 aliphatic rings. The topological polar surface area (TPSA) is 113 Å². The van der Waals surface area contributed by atoms with Gasteiger partial charge >= 0.3 is 5.97 Å². The highest BCUT2D eigenvalue weighted by Gasteiger charge is 2.42. The number of thioether (sulfide) groups is 1. The molecule has 3 rings (SSSR count). The van der Waals surface area contributed by atoms with Crippen molar-refractivity contribution in [1.29, 1.82) is 0 Å². The highest BCUT2D eigenvalue weighted by molar-refractivity contribution is 7.98. The number of hydrogen-bond acceptors (Lipinski definition) is 7. The SMILES string of the molecule is CCCCC1(CCCC)CN(c2ccc(C(=O)NC(C)(C)C)cc2)c2cc(SC)c(OC=CC(=O)O)cc2S(=O)(=O)C1. The Hall–Kier alpha value is -2.98. The smallest absolute Gasteiger partial charge is 0.331 e. The molecule has 0 aromatic heterocycles. The van der Waals surface area contributed by atoms with Crippen LogP contribution in [-0.2, 0) is 14.6 Å². The lowest BCUT2D eigenvalue weighted by Crippen LogP contribution is -2.40. The number of amides is 1. The van der Waals surface area contributed by atoms with Gasteiger partial charge in [0.2, 0.25) is 0 Å². The van der Waals surface area contributed by atoms with E-state index in [1.807, 2.05) is 45.2 Å². The molecule has 230 valence electrons. The summed E-state index contributed by atoms with van der Waals surface area (Å²) in [5.74, 6) is -1.04. The number of carboxylic acids is 1. The molecule has 2 N–H and O–H groups in total. The predicted octanol–water partition coefficient (Wildman–Crippen LogP) is 7.21. The molecular weight excluding hydrogens is 572 g/mol. The summed E-state index contributed by atoms with van der Waals surface area (Å²) in [6.07, 6.45) is 9.10. The number of carboxylic acid groups (broad SMARTS) is 1. The van der Waals surface area contributed by atoms with Crippen molar-refractivity contribution in [2.45, 2.75) is 88.5 Å². The van der Waals surface area contributed by atoms with Crippen LogP contribution in [0.2, 0.25) is 0 Å². The zero-order valence-corrected chi connectivity index (χ0v) is 27.2. The average Bonchev–Trinajstić information content (AvgIpc) is 3.01. The van der Waals surface area contributed by atoms with Crippen LogP contribution >= 0.6 is 11.8 Å². The number of unbranched alkanes of at least 4 members (excludes halogenated alkanes) is 2. The summed E-state index contributed by atoms with van der Waals surface area (Å²) in [6, 6.07) is 10.6. The zero-order chi connectivity index (χ0) is 31.1. The number of nitrogens with one attached hydrogen (secondary N) is 1. The van der Waals surface area contributed by atoms with Crippen LogP contribution in [-0.4, -0.2) is 49.5 Å². The number of ether oxygens (including phenoxy) is 1. The molecule has 0 bridgehead atoms. The van der Waals surface area contributed by atoms with Gasteiger partial charge in [-0.15, -0.1) is 11.8 Å². The summed E-state index contributed by atoms with van der Waals surface area (Å²) in [6.45, 7) is 10.5. The van der Waals surface area contributed by atoms with Gasteiger partial charge in [0.05, 0.1) is 33.6 Å². The second kappa shape index (κ2) is 14.0. The number of carbonyl (C=O) groups is 2. The number of hydrogen-bond donors (Lipinski definition) is 2. The molecule has 1 aliphatic heterocycles. The number of rotatable bonds is 12. The van der Waals surface area contributed by atoms with Gasteiger partial charge in [0, 0.05) is 34.8 Å². The van der Waals surface area contributed by atoms with Crippen molar-refractivity contribution in [3.05, 3.63) is 54.3 Å². The molecule has 2 aromatic rings. The highest BCUT2D eigenvalue weighted by Crippen LogP contribution is 2.47. The van der Waals surface area contributed by atoms with Crippen molar-refractivity contribution >= 4 is 44.9 Å². The van der Waals surface area contributed by atoms with Crippen LogP contribution in [0.3, 0.4) is 0 Å². The van der Waals surface area contributed by atoms with Gasteiger partial charge < -0.3 is 20.1 Å². The van der Waals surface area contributed by atoms with E-state index in [4.69, 9.17) is 9.84 Å². The maximum absolute atomic E-state index is 14.2. The Morgan fingerprint density at radius 2 is 1.71 bits per heavy atom. The molecule has 10 heteroatoms. The van der Waals surface area contributed by atoms with E-state index in [2.05, 4.69) is 24.1 Å². The molecule has 0 spiro atoms. The van der Waals surface area contributed by atoms with Gasteiger partial charge in [0.1, 0.15) is 5.75 Å². The Balaban J connectivity index is 2.21. The van der Waals surface area contributed by atoms with Crippen LogP contribution in [0.25, 0.3) is 0 Å². The van der Waals surface area contributed by atoms with E-state index in [1.54, 1.807) is 12.1 Å². The van der Waals surface area contributed by atoms with E-state index in [9.17, 15) is 18.0 Å². The molecule has 0 saturated carbocycles. The van der Waals surface area contributed by atoms with E-state index in [0.29, 0.717) is 22.7 Å². The maximum Gasteiger partial charge on any atom is 0.331 e. The summed E-state index contributed by atoms with van der Waals surface area (Å²) in [5, 5.41) is 12.0. The summed E-state index contributed by atoms with van der Waals surface area (Å²) >= 11 is 1.39. The summed E-state index contributed by atoms with van der Waals surface area (Å²) in [5.41, 5.74) is 1.02. The van der Waals surface area contributed by atoms with Crippen molar-refractivity contribution in [3.8, 4) is 5.75 Å². The Kier molecular flexibility index (Phi) is 11.2. The van der Waals surface area contributed by atoms with Crippen LogP contribution in [0.4, 0.5) is 11.4 Å². The second-order valence-electron chi connectivity index (χ2n) is 12.0.